The second kappa shape index (κ2) is 5.22. The maximum atomic E-state index is 4.17. The molecule has 0 aromatic rings. The Morgan fingerprint density at radius 3 is 1.58 bits per heavy atom. The maximum absolute atomic E-state index is 4.17. The summed E-state index contributed by atoms with van der Waals surface area (Å²) < 4.78 is 0. The largest absolute Gasteiger partial charge is 0.230 e. The van der Waals surface area contributed by atoms with Gasteiger partial charge in [-0.1, -0.05) is 26.7 Å². The predicted molar refractivity (Wildman–Crippen MR) is 48.5 cm³/mol. The molecule has 4 heteroatoms. The third-order valence-corrected chi connectivity index (χ3v) is 1.89. The second-order valence-corrected chi connectivity index (χ2v) is 3.13. The molecule has 0 bridgehead atoms. The predicted octanol–water partition coefficient (Wildman–Crippen LogP) is 1.80. The van der Waals surface area contributed by atoms with Crippen LogP contribution in [0.4, 0.5) is 0 Å². The summed E-state index contributed by atoms with van der Waals surface area (Å²) in [6.45, 7) is 4.30. The van der Waals surface area contributed by atoms with Crippen LogP contribution in [0.3, 0.4) is 0 Å². The molecule has 0 spiro atoms. The van der Waals surface area contributed by atoms with E-state index in [-0.39, 0.29) is 12.3 Å². The third-order valence-electron chi connectivity index (χ3n) is 1.89. The lowest BCUT2D eigenvalue weighted by atomic mass is 10.2. The molecular weight excluding hydrogens is 152 g/mol. The first-order valence-corrected chi connectivity index (χ1v) is 4.77. The highest BCUT2D eigenvalue weighted by Crippen LogP contribution is 2.06. The summed E-state index contributed by atoms with van der Waals surface area (Å²) in [6, 6.07) is 0. The van der Waals surface area contributed by atoms with Gasteiger partial charge in [-0.15, -0.1) is 0 Å². The van der Waals surface area contributed by atoms with Crippen molar-refractivity contribution in [1.29, 1.82) is 0 Å². The van der Waals surface area contributed by atoms with Crippen molar-refractivity contribution in [2.45, 2.75) is 51.9 Å². The fraction of sp³-hybridized carbons (Fsp3) is 1.00. The summed E-state index contributed by atoms with van der Waals surface area (Å²) >= 11 is 0. The number of hydrogen-bond acceptors (Lipinski definition) is 4. The smallest absolute Gasteiger partial charge is 0.133 e. The van der Waals surface area contributed by atoms with E-state index in [1.165, 1.54) is 0 Å². The Morgan fingerprint density at radius 2 is 1.33 bits per heavy atom. The van der Waals surface area contributed by atoms with Crippen molar-refractivity contribution in [1.82, 2.24) is 10.9 Å². The van der Waals surface area contributed by atoms with Crippen molar-refractivity contribution >= 4 is 0 Å². The molecule has 0 fully saturated rings. The van der Waals surface area contributed by atoms with Crippen molar-refractivity contribution in [3.63, 3.8) is 0 Å². The van der Waals surface area contributed by atoms with Gasteiger partial charge in [0.2, 0.25) is 0 Å². The van der Waals surface area contributed by atoms with Gasteiger partial charge in [0.1, 0.15) is 12.3 Å². The zero-order valence-electron chi connectivity index (χ0n) is 7.88. The molecule has 1 aliphatic rings. The fourth-order valence-corrected chi connectivity index (χ4v) is 1.22. The van der Waals surface area contributed by atoms with Crippen molar-refractivity contribution in [3.05, 3.63) is 0 Å². The summed E-state index contributed by atoms with van der Waals surface area (Å²) in [5.41, 5.74) is 6.29. The maximum Gasteiger partial charge on any atom is 0.133 e. The average Bonchev–Trinajstić information content (AvgIpc) is 2.09. The molecule has 2 atom stereocenters. The minimum atomic E-state index is 0.183. The first kappa shape index (κ1) is 9.61. The van der Waals surface area contributed by atoms with Gasteiger partial charge in [-0.05, 0) is 12.8 Å². The van der Waals surface area contributed by atoms with Gasteiger partial charge in [-0.3, -0.25) is 0 Å². The molecule has 4 nitrogen and oxygen atoms in total. The molecule has 2 N–H and O–H groups in total. The highest BCUT2D eigenvalue weighted by atomic mass is 15.5. The normalized spacial score (nSPS) is 29.2. The van der Waals surface area contributed by atoms with E-state index in [1.54, 1.807) is 0 Å². The van der Waals surface area contributed by atoms with E-state index in [1.807, 2.05) is 0 Å². The molecule has 1 heterocycles. The Hall–Kier alpha value is -0.480. The number of nitrogens with one attached hydrogen (secondary N) is 2. The van der Waals surface area contributed by atoms with E-state index in [4.69, 9.17) is 0 Å². The Morgan fingerprint density at radius 1 is 0.917 bits per heavy atom. The Balaban J connectivity index is 2.26. The van der Waals surface area contributed by atoms with E-state index < -0.39 is 0 Å². The van der Waals surface area contributed by atoms with Crippen LogP contribution in [0.1, 0.15) is 39.5 Å². The number of nitrogens with zero attached hydrogens (tertiary/aromatic N) is 2. The molecule has 0 aromatic heterocycles. The zero-order chi connectivity index (χ0) is 8.81. The minimum Gasteiger partial charge on any atom is -0.230 e. The zero-order valence-corrected chi connectivity index (χ0v) is 7.88. The van der Waals surface area contributed by atoms with Gasteiger partial charge in [-0.25, -0.2) is 10.9 Å². The van der Waals surface area contributed by atoms with Crippen molar-refractivity contribution in [2.75, 3.05) is 0 Å². The molecule has 0 aromatic carbocycles. The van der Waals surface area contributed by atoms with Crippen LogP contribution in [0.2, 0.25) is 0 Å². The van der Waals surface area contributed by atoms with Crippen LogP contribution in [0, 0.1) is 0 Å². The molecule has 0 saturated carbocycles. The summed E-state index contributed by atoms with van der Waals surface area (Å²) in [6.07, 6.45) is 4.74. The summed E-state index contributed by atoms with van der Waals surface area (Å²) in [7, 11) is 0. The highest BCUT2D eigenvalue weighted by Gasteiger charge is 2.14. The monoisotopic (exact) mass is 170 g/mol. The second-order valence-electron chi connectivity index (χ2n) is 3.13. The van der Waals surface area contributed by atoms with Crippen molar-refractivity contribution in [3.8, 4) is 0 Å². The topological polar surface area (TPSA) is 48.8 Å². The molecule has 0 amide bonds. The lowest BCUT2D eigenvalue weighted by Crippen LogP contribution is -2.48. The van der Waals surface area contributed by atoms with E-state index >= 15 is 0 Å². The molecule has 0 radical (unpaired) electrons. The van der Waals surface area contributed by atoms with Crippen LogP contribution in [0.15, 0.2) is 10.2 Å². The van der Waals surface area contributed by atoms with Crippen molar-refractivity contribution < 1.29 is 0 Å². The van der Waals surface area contributed by atoms with Crippen LogP contribution in [-0.4, -0.2) is 12.3 Å². The molecule has 0 saturated heterocycles. The summed E-state index contributed by atoms with van der Waals surface area (Å²) in [5, 5.41) is 8.34. The van der Waals surface area contributed by atoms with E-state index in [0.717, 1.165) is 25.7 Å². The van der Waals surface area contributed by atoms with Gasteiger partial charge in [0, 0.05) is 0 Å². The quantitative estimate of drug-likeness (QED) is 0.676. The third kappa shape index (κ3) is 2.87. The van der Waals surface area contributed by atoms with Crippen LogP contribution in [0.5, 0.6) is 0 Å². The van der Waals surface area contributed by atoms with Crippen LogP contribution in [-0.2, 0) is 0 Å². The van der Waals surface area contributed by atoms with Gasteiger partial charge < -0.3 is 0 Å². The van der Waals surface area contributed by atoms with E-state index in [9.17, 15) is 0 Å². The number of hydrogen-bond donors (Lipinski definition) is 2. The number of rotatable bonds is 4. The number of hydrazine groups is 1. The van der Waals surface area contributed by atoms with Gasteiger partial charge >= 0.3 is 0 Å². The Labute approximate surface area is 73.8 Å². The lowest BCUT2D eigenvalue weighted by molar-refractivity contribution is 0.292. The van der Waals surface area contributed by atoms with E-state index in [0.29, 0.717) is 0 Å². The molecule has 12 heavy (non-hydrogen) atoms. The molecule has 1 rings (SSSR count). The average molecular weight is 170 g/mol. The minimum absolute atomic E-state index is 0.183. The van der Waals surface area contributed by atoms with Crippen LogP contribution in [0.25, 0.3) is 0 Å². The molecule has 70 valence electrons. The van der Waals surface area contributed by atoms with Gasteiger partial charge in [0.25, 0.3) is 0 Å². The molecular formula is C8H18N4. The first-order valence-electron chi connectivity index (χ1n) is 4.77. The van der Waals surface area contributed by atoms with Gasteiger partial charge in [0.05, 0.1) is 0 Å². The Kier molecular flexibility index (Phi) is 4.18. The standard InChI is InChI=1S/C8H18N4/c1-3-5-7-9-11-8(6-4-2)12-10-7/h7-9,11H,3-6H2,1-2H3. The van der Waals surface area contributed by atoms with Crippen LogP contribution < -0.4 is 10.9 Å². The van der Waals surface area contributed by atoms with Crippen molar-refractivity contribution in [2.24, 2.45) is 10.2 Å². The Bertz CT molecular complexity index is 130. The fourth-order valence-electron chi connectivity index (χ4n) is 1.22. The summed E-state index contributed by atoms with van der Waals surface area (Å²) in [4.78, 5) is 0. The van der Waals surface area contributed by atoms with E-state index in [2.05, 4.69) is 34.9 Å². The lowest BCUT2D eigenvalue weighted by Gasteiger charge is -2.23. The molecule has 2 unspecified atom stereocenters. The first-order chi connectivity index (χ1) is 5.86. The molecule has 1 aliphatic heterocycles. The highest BCUT2D eigenvalue weighted by molar-refractivity contribution is 4.68. The van der Waals surface area contributed by atoms with Gasteiger partial charge in [0.15, 0.2) is 0 Å². The van der Waals surface area contributed by atoms with Crippen LogP contribution >= 0.6 is 0 Å². The molecule has 0 aliphatic carbocycles. The number of azo groups is 1. The summed E-state index contributed by atoms with van der Waals surface area (Å²) in [5.74, 6) is 0. The van der Waals surface area contributed by atoms with Gasteiger partial charge in [-0.2, -0.15) is 10.2 Å². The SMILES string of the molecule is CCCC1N=NC(CCC)NN1.